The number of benzene rings is 1. The van der Waals surface area contributed by atoms with Gasteiger partial charge in [0.1, 0.15) is 12.7 Å². The fourth-order valence-electron chi connectivity index (χ4n) is 3.22. The average Bonchev–Trinajstić information content (AvgIpc) is 3.07. The molecule has 2 atom stereocenters. The normalized spacial score (nSPS) is 21.9. The van der Waals surface area contributed by atoms with E-state index in [1.807, 2.05) is 49.0 Å². The number of pyridine rings is 1. The maximum atomic E-state index is 8.81. The van der Waals surface area contributed by atoms with Gasteiger partial charge in [-0.2, -0.15) is 4.57 Å². The van der Waals surface area contributed by atoms with Crippen LogP contribution in [0.1, 0.15) is 67.0 Å². The van der Waals surface area contributed by atoms with Gasteiger partial charge in [-0.15, -0.1) is 0 Å². The summed E-state index contributed by atoms with van der Waals surface area (Å²) in [6, 6.07) is 12.1. The van der Waals surface area contributed by atoms with E-state index in [0.29, 0.717) is 0 Å². The monoisotopic (exact) mass is 341 g/mol. The number of aryl methyl sites for hydroxylation is 2. The minimum Gasteiger partial charge on any atom is -0.311 e. The average molecular weight is 342 g/mol. The zero-order chi connectivity index (χ0) is 25.0. The van der Waals surface area contributed by atoms with Gasteiger partial charge in [-0.1, -0.05) is 45.8 Å². The smallest absolute Gasteiger partial charge is 0.229 e. The molecule has 2 heteroatoms. The third-order valence-corrected chi connectivity index (χ3v) is 4.47. The van der Waals surface area contributed by atoms with Gasteiger partial charge in [0.15, 0.2) is 6.20 Å². The second-order valence-electron chi connectivity index (χ2n) is 6.37. The molecule has 0 aliphatic rings. The van der Waals surface area contributed by atoms with Crippen LogP contribution >= 0.6 is 0 Å². The van der Waals surface area contributed by atoms with E-state index < -0.39 is 25.5 Å². The van der Waals surface area contributed by atoms with E-state index in [1.165, 1.54) is 32.0 Å². The summed E-state index contributed by atoms with van der Waals surface area (Å²) in [5.41, 5.74) is 2.96. The van der Waals surface area contributed by atoms with Crippen molar-refractivity contribution in [3.05, 3.63) is 71.5 Å². The molecule has 0 radical (unpaired) electrons. The van der Waals surface area contributed by atoms with Crippen LogP contribution in [0.15, 0.2) is 54.9 Å². The predicted octanol–water partition coefficient (Wildman–Crippen LogP) is 5.52. The van der Waals surface area contributed by atoms with Crippen molar-refractivity contribution in [1.82, 2.24) is 4.57 Å². The Morgan fingerprint density at radius 3 is 2.28 bits per heavy atom. The standard InChI is InChI=1S/C23H29N2/c1-16(2)19-10-9-11-20(17(3)4)23(19)25-15-13-18(5)22(25)21-12-7-8-14-24(21)6/h7-17H,1-6H3/q+1/i1D3,3D3,16D,17D. The van der Waals surface area contributed by atoms with Crippen molar-refractivity contribution in [1.29, 1.82) is 0 Å². The molecule has 2 heterocycles. The Kier molecular flexibility index (Phi) is 2.74. The lowest BCUT2D eigenvalue weighted by Crippen LogP contribution is -2.31. The van der Waals surface area contributed by atoms with E-state index in [9.17, 15) is 0 Å². The Labute approximate surface area is 163 Å². The molecule has 0 aliphatic carbocycles. The lowest BCUT2D eigenvalue weighted by atomic mass is 9.92. The molecule has 0 saturated carbocycles. The molecule has 0 spiro atoms. The van der Waals surface area contributed by atoms with Gasteiger partial charge in [0.25, 0.3) is 0 Å². The molecule has 2 unspecified atom stereocenters. The van der Waals surface area contributed by atoms with Gasteiger partial charge in [-0.05, 0) is 47.5 Å². The first-order valence-electron chi connectivity index (χ1n) is 12.3. The molecule has 130 valence electrons. The van der Waals surface area contributed by atoms with Crippen molar-refractivity contribution in [3.8, 4) is 17.1 Å². The molecule has 3 rings (SSSR count). The minimum absolute atomic E-state index is 0.137. The molecule has 25 heavy (non-hydrogen) atoms. The van der Waals surface area contributed by atoms with E-state index >= 15 is 0 Å². The molecule has 2 nitrogen and oxygen atoms in total. The Morgan fingerprint density at radius 2 is 1.68 bits per heavy atom. The van der Waals surface area contributed by atoms with Gasteiger partial charge < -0.3 is 4.57 Å². The summed E-state index contributed by atoms with van der Waals surface area (Å²) < 4.78 is 69.3. The number of rotatable bonds is 4. The van der Waals surface area contributed by atoms with Crippen LogP contribution < -0.4 is 4.57 Å². The van der Waals surface area contributed by atoms with Crippen LogP contribution in [0.25, 0.3) is 17.1 Å². The topological polar surface area (TPSA) is 8.81 Å². The predicted molar refractivity (Wildman–Crippen MR) is 105 cm³/mol. The van der Waals surface area contributed by atoms with E-state index in [2.05, 4.69) is 0 Å². The molecule has 0 fully saturated rings. The van der Waals surface area contributed by atoms with Gasteiger partial charge in [-0.25, -0.2) is 0 Å². The summed E-state index contributed by atoms with van der Waals surface area (Å²) in [6.07, 6.45) is 3.62. The SMILES string of the molecule is [2H]C([2H])([2H])C([2H])(C)c1cccc(C([2H])(C)C([2H])([2H])[2H])c1-n1ccc(C)c1-c1cccc[n+]1C. The van der Waals surface area contributed by atoms with Crippen molar-refractivity contribution in [2.24, 2.45) is 7.05 Å². The number of aromatic nitrogens is 2. The van der Waals surface area contributed by atoms with Crippen LogP contribution in [-0.2, 0) is 7.05 Å². The third-order valence-electron chi connectivity index (χ3n) is 4.47. The maximum absolute atomic E-state index is 8.81. The summed E-state index contributed by atoms with van der Waals surface area (Å²) in [7, 11) is 1.88. The summed E-state index contributed by atoms with van der Waals surface area (Å²) in [5, 5.41) is 0. The highest BCUT2D eigenvalue weighted by molar-refractivity contribution is 5.64. The van der Waals surface area contributed by atoms with Crippen LogP contribution in [0.4, 0.5) is 0 Å². The number of hydrogen-bond acceptors (Lipinski definition) is 0. The molecule has 0 saturated heterocycles. The Bertz CT molecular complexity index is 1130. The Hall–Kier alpha value is -2.35. The van der Waals surface area contributed by atoms with E-state index in [1.54, 1.807) is 10.8 Å². The molecule has 0 aliphatic heterocycles. The highest BCUT2D eigenvalue weighted by Gasteiger charge is 2.22. The van der Waals surface area contributed by atoms with Gasteiger partial charge in [0, 0.05) is 29.3 Å². The first kappa shape index (κ1) is 9.96. The van der Waals surface area contributed by atoms with Gasteiger partial charge in [0.05, 0.1) is 5.69 Å². The molecule has 1 aromatic carbocycles. The van der Waals surface area contributed by atoms with Gasteiger partial charge in [0.2, 0.25) is 5.69 Å². The number of nitrogens with zero attached hydrogens (tertiary/aromatic N) is 2. The van der Waals surface area contributed by atoms with Crippen molar-refractivity contribution >= 4 is 0 Å². The zero-order valence-corrected chi connectivity index (χ0v) is 15.1. The fourth-order valence-corrected chi connectivity index (χ4v) is 3.22. The van der Waals surface area contributed by atoms with Crippen LogP contribution in [0.2, 0.25) is 0 Å². The van der Waals surface area contributed by atoms with E-state index in [0.717, 1.165) is 17.0 Å². The highest BCUT2D eigenvalue weighted by Crippen LogP contribution is 2.35. The molecular formula is C23H29N2+. The minimum atomic E-state index is -2.68. The third kappa shape index (κ3) is 3.13. The summed E-state index contributed by atoms with van der Waals surface area (Å²) >= 11 is 0. The maximum Gasteiger partial charge on any atom is 0.229 e. The zero-order valence-electron chi connectivity index (χ0n) is 23.1. The Balaban J connectivity index is 2.50. The Morgan fingerprint density at radius 1 is 1.00 bits per heavy atom. The number of para-hydroxylation sites is 1. The van der Waals surface area contributed by atoms with Crippen LogP contribution in [0.3, 0.4) is 0 Å². The summed E-state index contributed by atoms with van der Waals surface area (Å²) in [6.45, 7) is -0.846. The van der Waals surface area contributed by atoms with E-state index in [-0.39, 0.29) is 16.8 Å². The number of hydrogen-bond donors (Lipinski definition) is 0. The van der Waals surface area contributed by atoms with Crippen molar-refractivity contribution < 1.29 is 15.5 Å². The fraction of sp³-hybridized carbons (Fsp3) is 0.348. The molecule has 0 N–H and O–H groups in total. The largest absolute Gasteiger partial charge is 0.311 e. The van der Waals surface area contributed by atoms with Crippen molar-refractivity contribution in [3.63, 3.8) is 0 Å². The van der Waals surface area contributed by atoms with Crippen molar-refractivity contribution in [2.45, 2.75) is 46.3 Å². The van der Waals surface area contributed by atoms with Crippen molar-refractivity contribution in [2.75, 3.05) is 0 Å². The second-order valence-corrected chi connectivity index (χ2v) is 6.37. The van der Waals surface area contributed by atoms with Gasteiger partial charge >= 0.3 is 0 Å². The summed E-state index contributed by atoms with van der Waals surface area (Å²) in [5.74, 6) is -4.09. The molecule has 2 aromatic heterocycles. The molecule has 3 aromatic rings. The summed E-state index contributed by atoms with van der Waals surface area (Å²) in [4.78, 5) is 0. The molecular weight excluding hydrogens is 304 g/mol. The lowest BCUT2D eigenvalue weighted by Gasteiger charge is -2.22. The highest BCUT2D eigenvalue weighted by atomic mass is 15.0. The first-order valence-corrected chi connectivity index (χ1v) is 8.29. The molecule has 0 bridgehead atoms. The lowest BCUT2D eigenvalue weighted by molar-refractivity contribution is -0.660. The quantitative estimate of drug-likeness (QED) is 0.552. The van der Waals surface area contributed by atoms with Crippen LogP contribution in [-0.4, -0.2) is 4.57 Å². The molecule has 0 amide bonds. The van der Waals surface area contributed by atoms with Gasteiger partial charge in [-0.3, -0.25) is 0 Å². The van der Waals surface area contributed by atoms with Crippen LogP contribution in [0.5, 0.6) is 0 Å². The van der Waals surface area contributed by atoms with Crippen LogP contribution in [0, 0.1) is 6.92 Å². The first-order chi connectivity index (χ1) is 15.0. The van der Waals surface area contributed by atoms with E-state index in [4.69, 9.17) is 11.0 Å². The second kappa shape index (κ2) is 6.87.